The molecule has 0 heterocycles. The van der Waals surface area contributed by atoms with Crippen LogP contribution in [-0.2, 0) is 9.28 Å². The fourth-order valence-corrected chi connectivity index (χ4v) is 44.3. The van der Waals surface area contributed by atoms with Crippen LogP contribution < -0.4 is 0 Å². The molecule has 1 atom stereocenters. The standard InChI is InChI=1S/C12H24O2.4C8H17.O.2Sn.H/c1-2-3-4-5-6-7-8-9-10-11-12(13)14;4*1-3-5-7-8-6-4-2;;;;/h2-11H2,1H3,(H,13,14);4*1,3-8H2,2H3;;;;/q;;;;;;;+1;/p-1. The summed E-state index contributed by atoms with van der Waals surface area (Å²) in [6.45, 7) is 11.6. The van der Waals surface area contributed by atoms with E-state index in [-0.39, 0.29) is 5.97 Å². The zero-order valence-electron chi connectivity index (χ0n) is 34.7. The molecule has 49 heavy (non-hydrogen) atoms. The summed E-state index contributed by atoms with van der Waals surface area (Å²) in [7, 11) is 0. The Morgan fingerprint density at radius 2 is 0.673 bits per heavy atom. The van der Waals surface area contributed by atoms with Crippen molar-refractivity contribution in [2.24, 2.45) is 0 Å². The fourth-order valence-electron chi connectivity index (χ4n) is 7.53. The molecule has 3 nitrogen and oxygen atoms in total. The van der Waals surface area contributed by atoms with E-state index in [0.717, 1.165) is 10.9 Å². The van der Waals surface area contributed by atoms with Gasteiger partial charge in [0.25, 0.3) is 0 Å². The van der Waals surface area contributed by atoms with Crippen LogP contribution in [0.2, 0.25) is 17.7 Å². The van der Waals surface area contributed by atoms with E-state index in [1.165, 1.54) is 219 Å². The van der Waals surface area contributed by atoms with Crippen LogP contribution in [0, 0.1) is 0 Å². The summed E-state index contributed by atoms with van der Waals surface area (Å²) < 4.78 is 19.6. The van der Waals surface area contributed by atoms with E-state index in [0.29, 0.717) is 6.42 Å². The molecule has 0 aliphatic carbocycles. The third-order valence-corrected chi connectivity index (χ3v) is 42.5. The summed E-state index contributed by atoms with van der Waals surface area (Å²) in [6, 6.07) is 0. The van der Waals surface area contributed by atoms with Crippen molar-refractivity contribution in [3.8, 4) is 0 Å². The van der Waals surface area contributed by atoms with Gasteiger partial charge in [-0.1, -0.05) is 6.92 Å². The van der Waals surface area contributed by atoms with Gasteiger partial charge in [-0.3, -0.25) is 0 Å². The zero-order chi connectivity index (χ0) is 35.9. The van der Waals surface area contributed by atoms with Crippen LogP contribution in [0.4, 0.5) is 0 Å². The van der Waals surface area contributed by atoms with E-state index in [2.05, 4.69) is 34.6 Å². The maximum absolute atomic E-state index is 13.4. The molecule has 0 rings (SSSR count). The van der Waals surface area contributed by atoms with Crippen LogP contribution in [0.1, 0.15) is 253 Å². The minimum absolute atomic E-state index is 0.105. The van der Waals surface area contributed by atoms with Gasteiger partial charge >= 0.3 is 318 Å². The number of hydrogen-bond donors (Lipinski definition) is 0. The molecule has 0 spiro atoms. The molecule has 0 aromatic rings. The van der Waals surface area contributed by atoms with Gasteiger partial charge in [0, 0.05) is 0 Å². The molecular formula is C44H92O3Sn2. The Balaban J connectivity index is 5.57. The predicted molar refractivity (Wildman–Crippen MR) is 225 cm³/mol. The monoisotopic (exact) mass is 909 g/mol. The summed E-state index contributed by atoms with van der Waals surface area (Å²) in [6.07, 6.45) is 44.8. The van der Waals surface area contributed by atoms with Crippen LogP contribution in [0.3, 0.4) is 0 Å². The SMILES string of the molecule is CCCCCCCCCCCC(=O)[O][SnH]([CH2]CCCCCCC)[O][Sn]([CH2]CCCCCCC)([CH2]CCCCCCC)[CH2]CCCCCCC. The summed E-state index contributed by atoms with van der Waals surface area (Å²) in [4.78, 5) is 13.4. The van der Waals surface area contributed by atoms with E-state index >= 15 is 0 Å². The number of unbranched alkanes of at least 4 members (excludes halogenated alkanes) is 28. The van der Waals surface area contributed by atoms with Crippen molar-refractivity contribution in [3.63, 3.8) is 0 Å². The first-order valence-corrected chi connectivity index (χ1v) is 35.2. The van der Waals surface area contributed by atoms with Crippen molar-refractivity contribution in [2.45, 2.75) is 271 Å². The molecule has 0 radical (unpaired) electrons. The van der Waals surface area contributed by atoms with Crippen molar-refractivity contribution in [3.05, 3.63) is 0 Å². The van der Waals surface area contributed by atoms with E-state index in [4.69, 9.17) is 4.49 Å². The molecule has 0 saturated heterocycles. The molecule has 0 amide bonds. The van der Waals surface area contributed by atoms with Gasteiger partial charge in [0.1, 0.15) is 0 Å². The normalized spacial score (nSPS) is 12.5. The van der Waals surface area contributed by atoms with Crippen molar-refractivity contribution >= 4 is 45.3 Å². The maximum atomic E-state index is 13.4. The van der Waals surface area contributed by atoms with Crippen LogP contribution in [0.15, 0.2) is 0 Å². The van der Waals surface area contributed by atoms with Gasteiger partial charge in [-0.25, -0.2) is 0 Å². The Hall–Kier alpha value is 1.03. The van der Waals surface area contributed by atoms with E-state index < -0.39 is 39.4 Å². The van der Waals surface area contributed by atoms with Crippen LogP contribution in [0.25, 0.3) is 0 Å². The van der Waals surface area contributed by atoms with Gasteiger partial charge in [0.15, 0.2) is 0 Å². The Labute approximate surface area is 323 Å². The average molecular weight is 907 g/mol. The van der Waals surface area contributed by atoms with Gasteiger partial charge in [0.2, 0.25) is 0 Å². The van der Waals surface area contributed by atoms with E-state index in [1.807, 2.05) is 0 Å². The molecule has 0 saturated carbocycles. The van der Waals surface area contributed by atoms with Gasteiger partial charge < -0.3 is 0 Å². The summed E-state index contributed by atoms with van der Waals surface area (Å²) >= 11 is -5.85. The van der Waals surface area contributed by atoms with Crippen molar-refractivity contribution in [1.82, 2.24) is 0 Å². The topological polar surface area (TPSA) is 35.5 Å². The summed E-state index contributed by atoms with van der Waals surface area (Å²) in [5, 5.41) is 0. The Kier molecular flexibility index (Phi) is 41.1. The quantitative estimate of drug-likeness (QED) is 0.0453. The second-order valence-corrected chi connectivity index (χ2v) is 36.9. The molecule has 0 aliphatic rings. The first-order chi connectivity index (χ1) is 24.1. The number of carbonyl (C=O) groups is 1. The molecule has 0 aliphatic heterocycles. The average Bonchev–Trinajstić information content (AvgIpc) is 3.10. The molecule has 0 aromatic carbocycles. The minimum atomic E-state index is -2.93. The first-order valence-electron chi connectivity index (χ1n) is 22.9. The first kappa shape index (κ1) is 50.0. The Morgan fingerprint density at radius 3 is 1.02 bits per heavy atom. The number of hydrogen-bond acceptors (Lipinski definition) is 3. The van der Waals surface area contributed by atoms with Crippen LogP contribution >= 0.6 is 0 Å². The third-order valence-electron chi connectivity index (χ3n) is 10.9. The van der Waals surface area contributed by atoms with E-state index in [1.54, 1.807) is 0 Å². The second kappa shape index (κ2) is 40.2. The Morgan fingerprint density at radius 1 is 0.388 bits per heavy atom. The molecule has 0 fully saturated rings. The van der Waals surface area contributed by atoms with Crippen LogP contribution in [0.5, 0.6) is 0 Å². The van der Waals surface area contributed by atoms with Crippen LogP contribution in [-0.4, -0.2) is 45.3 Å². The number of rotatable bonds is 41. The van der Waals surface area contributed by atoms with E-state index in [9.17, 15) is 4.79 Å². The van der Waals surface area contributed by atoms with Crippen molar-refractivity contribution < 1.29 is 9.28 Å². The van der Waals surface area contributed by atoms with Crippen molar-refractivity contribution in [1.29, 1.82) is 0 Å². The summed E-state index contributed by atoms with van der Waals surface area (Å²) in [5.41, 5.74) is 0. The van der Waals surface area contributed by atoms with Gasteiger partial charge in [-0.2, -0.15) is 0 Å². The molecular weight excluding hydrogens is 814 g/mol. The number of carbonyl (C=O) groups excluding carboxylic acids is 1. The molecule has 0 N–H and O–H groups in total. The molecule has 1 unspecified atom stereocenters. The van der Waals surface area contributed by atoms with Gasteiger partial charge in [0.05, 0.1) is 0 Å². The molecule has 294 valence electrons. The second-order valence-electron chi connectivity index (χ2n) is 15.9. The summed E-state index contributed by atoms with van der Waals surface area (Å²) in [5.74, 6) is 0.105. The Bertz CT molecular complexity index is 617. The van der Waals surface area contributed by atoms with Gasteiger partial charge in [-0.05, 0) is 0 Å². The molecule has 0 aromatic heterocycles. The predicted octanol–water partition coefficient (Wildman–Crippen LogP) is 16.1. The van der Waals surface area contributed by atoms with Crippen molar-refractivity contribution in [2.75, 3.05) is 0 Å². The molecule has 5 heteroatoms. The molecule has 0 bridgehead atoms. The van der Waals surface area contributed by atoms with Gasteiger partial charge in [-0.15, -0.1) is 0 Å². The fraction of sp³-hybridized carbons (Fsp3) is 0.977. The zero-order valence-corrected chi connectivity index (χ0v) is 40.8. The third kappa shape index (κ3) is 34.5.